The number of rotatable bonds is 1. The molecule has 1 aliphatic heterocycles. The predicted octanol–water partition coefficient (Wildman–Crippen LogP) is 5.38. The van der Waals surface area contributed by atoms with Gasteiger partial charge in [0.2, 0.25) is 5.78 Å². The Hall–Kier alpha value is -3.11. The lowest BCUT2D eigenvalue weighted by molar-refractivity contribution is 0.101. The second-order valence-corrected chi connectivity index (χ2v) is 6.99. The number of hydrogen-bond acceptors (Lipinski definition) is 4. The Balaban J connectivity index is 1.68. The van der Waals surface area contributed by atoms with Gasteiger partial charge in [0, 0.05) is 26.2 Å². The van der Waals surface area contributed by atoms with E-state index in [4.69, 9.17) is 4.74 Å². The van der Waals surface area contributed by atoms with Crippen molar-refractivity contribution in [3.63, 3.8) is 0 Å². The largest absolute Gasteiger partial charge is 0.508 e. The van der Waals surface area contributed by atoms with Crippen molar-refractivity contribution in [1.82, 2.24) is 0 Å². The standard InChI is InChI=1S/C21H12O3S/c22-13-8-9-16-17(11-13)24-18(20(16)23)10-12-4-3-6-15-14-5-1-2-7-19(14)25-21(12)15/h1-11,22H/b18-10-. The molecule has 25 heavy (non-hydrogen) atoms. The molecule has 0 saturated heterocycles. The molecule has 3 nitrogen and oxygen atoms in total. The first-order chi connectivity index (χ1) is 12.2. The lowest BCUT2D eigenvalue weighted by Crippen LogP contribution is -1.97. The van der Waals surface area contributed by atoms with Crippen molar-refractivity contribution in [1.29, 1.82) is 0 Å². The molecule has 0 radical (unpaired) electrons. The zero-order valence-corrected chi connectivity index (χ0v) is 13.8. The zero-order chi connectivity index (χ0) is 17.0. The number of carbonyl (C=O) groups is 1. The van der Waals surface area contributed by atoms with Crippen molar-refractivity contribution in [3.8, 4) is 11.5 Å². The van der Waals surface area contributed by atoms with Crippen molar-refractivity contribution in [2.45, 2.75) is 0 Å². The molecule has 2 heterocycles. The first-order valence-electron chi connectivity index (χ1n) is 7.88. The molecule has 0 fully saturated rings. The van der Waals surface area contributed by atoms with Crippen LogP contribution in [0.25, 0.3) is 26.2 Å². The van der Waals surface area contributed by atoms with E-state index in [9.17, 15) is 9.90 Å². The van der Waals surface area contributed by atoms with Gasteiger partial charge in [0.25, 0.3) is 0 Å². The third-order valence-electron chi connectivity index (χ3n) is 4.37. The van der Waals surface area contributed by atoms with E-state index >= 15 is 0 Å². The summed E-state index contributed by atoms with van der Waals surface area (Å²) in [5.41, 5.74) is 1.44. The van der Waals surface area contributed by atoms with E-state index < -0.39 is 0 Å². The number of thiophene rings is 1. The molecular weight excluding hydrogens is 332 g/mol. The number of allylic oxidation sites excluding steroid dienone is 1. The summed E-state index contributed by atoms with van der Waals surface area (Å²) in [4.78, 5) is 12.5. The second kappa shape index (κ2) is 5.19. The van der Waals surface area contributed by atoms with Crippen molar-refractivity contribution in [2.24, 2.45) is 0 Å². The van der Waals surface area contributed by atoms with Crippen LogP contribution in [0.1, 0.15) is 15.9 Å². The molecule has 4 heteroatoms. The SMILES string of the molecule is O=C1/C(=C/c2cccc3c2sc2ccccc23)Oc2cc(O)ccc21. The maximum atomic E-state index is 12.5. The van der Waals surface area contributed by atoms with Crippen LogP contribution in [-0.4, -0.2) is 10.9 Å². The van der Waals surface area contributed by atoms with Gasteiger partial charge in [-0.25, -0.2) is 0 Å². The van der Waals surface area contributed by atoms with Gasteiger partial charge in [-0.3, -0.25) is 4.79 Å². The Morgan fingerprint density at radius 3 is 2.72 bits per heavy atom. The number of aromatic hydroxyl groups is 1. The van der Waals surface area contributed by atoms with E-state index in [2.05, 4.69) is 18.2 Å². The minimum atomic E-state index is -0.159. The van der Waals surface area contributed by atoms with Crippen LogP contribution in [0.15, 0.2) is 66.4 Å². The average Bonchev–Trinajstić information content (AvgIpc) is 3.14. The molecule has 1 aliphatic rings. The minimum absolute atomic E-state index is 0.0828. The number of phenols is 1. The summed E-state index contributed by atoms with van der Waals surface area (Å²) >= 11 is 1.71. The van der Waals surface area contributed by atoms with Crippen LogP contribution in [0, 0.1) is 0 Å². The molecule has 0 spiro atoms. The summed E-state index contributed by atoms with van der Waals surface area (Å²) in [6.07, 6.45) is 1.79. The van der Waals surface area contributed by atoms with Crippen LogP contribution in [0.3, 0.4) is 0 Å². The maximum Gasteiger partial charge on any atom is 0.231 e. The molecule has 0 atom stereocenters. The molecule has 1 N–H and O–H groups in total. The highest BCUT2D eigenvalue weighted by molar-refractivity contribution is 7.26. The number of ketones is 1. The Kier molecular flexibility index (Phi) is 2.96. The number of Topliss-reactive ketones (excluding diaryl/α,β-unsaturated/α-hetero) is 1. The van der Waals surface area contributed by atoms with E-state index in [0.717, 1.165) is 10.3 Å². The molecule has 120 valence electrons. The summed E-state index contributed by atoms with van der Waals surface area (Å²) in [5.74, 6) is 0.609. The Labute approximate surface area is 147 Å². The third-order valence-corrected chi connectivity index (χ3v) is 5.61. The average molecular weight is 344 g/mol. The number of phenolic OH excluding ortho intramolecular Hbond substituents is 1. The van der Waals surface area contributed by atoms with E-state index in [-0.39, 0.29) is 17.3 Å². The number of benzene rings is 3. The highest BCUT2D eigenvalue weighted by atomic mass is 32.1. The number of hydrogen-bond donors (Lipinski definition) is 1. The number of carbonyl (C=O) groups excluding carboxylic acids is 1. The zero-order valence-electron chi connectivity index (χ0n) is 13.0. The summed E-state index contributed by atoms with van der Waals surface area (Å²) in [7, 11) is 0. The molecule has 1 aromatic heterocycles. The van der Waals surface area contributed by atoms with Gasteiger partial charge in [-0.15, -0.1) is 11.3 Å². The maximum absolute atomic E-state index is 12.5. The molecule has 0 amide bonds. The van der Waals surface area contributed by atoms with Gasteiger partial charge in [0.1, 0.15) is 11.5 Å². The fourth-order valence-electron chi connectivity index (χ4n) is 3.20. The van der Waals surface area contributed by atoms with Crippen LogP contribution in [0.4, 0.5) is 0 Å². The lowest BCUT2D eigenvalue weighted by atomic mass is 10.1. The molecule has 0 unspecified atom stereocenters. The van der Waals surface area contributed by atoms with Crippen molar-refractivity contribution >= 4 is 43.4 Å². The van der Waals surface area contributed by atoms with Gasteiger partial charge in [-0.05, 0) is 29.8 Å². The molecule has 3 aromatic carbocycles. The van der Waals surface area contributed by atoms with E-state index in [0.29, 0.717) is 11.3 Å². The smallest absolute Gasteiger partial charge is 0.231 e. The quantitative estimate of drug-likeness (QED) is 0.472. The van der Waals surface area contributed by atoms with Crippen molar-refractivity contribution < 1.29 is 14.6 Å². The van der Waals surface area contributed by atoms with Gasteiger partial charge >= 0.3 is 0 Å². The summed E-state index contributed by atoms with van der Waals surface area (Å²) in [6.45, 7) is 0. The van der Waals surface area contributed by atoms with Crippen LogP contribution in [0.5, 0.6) is 11.5 Å². The van der Waals surface area contributed by atoms with Crippen molar-refractivity contribution in [3.05, 3.63) is 77.5 Å². The van der Waals surface area contributed by atoms with Crippen LogP contribution < -0.4 is 4.74 Å². The van der Waals surface area contributed by atoms with Crippen LogP contribution >= 0.6 is 11.3 Å². The molecule has 0 bridgehead atoms. The van der Waals surface area contributed by atoms with Crippen molar-refractivity contribution in [2.75, 3.05) is 0 Å². The molecule has 0 saturated carbocycles. The highest BCUT2D eigenvalue weighted by Gasteiger charge is 2.27. The third kappa shape index (κ3) is 2.15. The van der Waals surface area contributed by atoms with Gasteiger partial charge < -0.3 is 9.84 Å². The van der Waals surface area contributed by atoms with Gasteiger partial charge in [-0.1, -0.05) is 36.4 Å². The lowest BCUT2D eigenvalue weighted by Gasteiger charge is -2.00. The first-order valence-corrected chi connectivity index (χ1v) is 8.70. The fourth-order valence-corrected chi connectivity index (χ4v) is 4.39. The topological polar surface area (TPSA) is 46.5 Å². The summed E-state index contributed by atoms with van der Waals surface area (Å²) in [6, 6.07) is 18.9. The molecule has 5 rings (SSSR count). The highest BCUT2D eigenvalue weighted by Crippen LogP contribution is 2.38. The minimum Gasteiger partial charge on any atom is -0.508 e. The molecular formula is C21H12O3S. The van der Waals surface area contributed by atoms with Gasteiger partial charge in [0.15, 0.2) is 5.76 Å². The van der Waals surface area contributed by atoms with Gasteiger partial charge in [-0.2, -0.15) is 0 Å². The Bertz CT molecular complexity index is 1200. The number of fused-ring (bicyclic) bond motifs is 4. The fraction of sp³-hybridized carbons (Fsp3) is 0. The summed E-state index contributed by atoms with van der Waals surface area (Å²) in [5, 5.41) is 12.0. The van der Waals surface area contributed by atoms with Gasteiger partial charge in [0.05, 0.1) is 5.56 Å². The van der Waals surface area contributed by atoms with Crippen LogP contribution in [-0.2, 0) is 0 Å². The predicted molar refractivity (Wildman–Crippen MR) is 100 cm³/mol. The second-order valence-electron chi connectivity index (χ2n) is 5.94. The molecule has 0 aliphatic carbocycles. The van der Waals surface area contributed by atoms with Crippen LogP contribution in [0.2, 0.25) is 0 Å². The molecule has 4 aromatic rings. The Morgan fingerprint density at radius 1 is 0.960 bits per heavy atom. The first kappa shape index (κ1) is 14.3. The summed E-state index contributed by atoms with van der Waals surface area (Å²) < 4.78 is 8.03. The van der Waals surface area contributed by atoms with E-state index in [1.54, 1.807) is 23.5 Å². The van der Waals surface area contributed by atoms with E-state index in [1.165, 1.54) is 27.6 Å². The Morgan fingerprint density at radius 2 is 1.80 bits per heavy atom. The number of ether oxygens (including phenoxy) is 1. The monoisotopic (exact) mass is 344 g/mol. The normalized spacial score (nSPS) is 15.0. The van der Waals surface area contributed by atoms with E-state index in [1.807, 2.05) is 24.3 Å².